The predicted molar refractivity (Wildman–Crippen MR) is 73.2 cm³/mol. The van der Waals surface area contributed by atoms with Gasteiger partial charge >= 0.3 is 0 Å². The molecule has 1 aliphatic carbocycles. The largest absolute Gasteiger partial charge is 0.354 e. The molecule has 0 unspecified atom stereocenters. The minimum absolute atomic E-state index is 0.136. The first-order valence-corrected chi connectivity index (χ1v) is 6.67. The number of aromatic nitrogens is 1. The lowest BCUT2D eigenvalue weighted by atomic mass is 9.89. The summed E-state index contributed by atoms with van der Waals surface area (Å²) in [7, 11) is 1.62. The van der Waals surface area contributed by atoms with Gasteiger partial charge in [0, 0.05) is 7.05 Å². The zero-order valence-electron chi connectivity index (χ0n) is 10.9. The Morgan fingerprint density at radius 1 is 1.33 bits per heavy atom. The van der Waals surface area contributed by atoms with Gasteiger partial charge in [-0.05, 0) is 37.0 Å². The molecule has 1 aromatic rings. The molecule has 1 aromatic heterocycles. The van der Waals surface area contributed by atoms with Crippen molar-refractivity contribution in [3.63, 3.8) is 0 Å². The maximum Gasteiger partial charge on any atom is 0.269 e. The molecule has 1 saturated carbocycles. The number of pyridine rings is 1. The smallest absolute Gasteiger partial charge is 0.269 e. The molecule has 3 nitrogen and oxygen atoms in total. The van der Waals surface area contributed by atoms with Gasteiger partial charge in [0.25, 0.3) is 5.91 Å². The predicted octanol–water partition coefficient (Wildman–Crippen LogP) is 3.03. The highest BCUT2D eigenvalue weighted by atomic mass is 16.1. The van der Waals surface area contributed by atoms with E-state index >= 15 is 0 Å². The highest BCUT2D eigenvalue weighted by Gasteiger charge is 2.10. The van der Waals surface area contributed by atoms with Crippen LogP contribution in [0.25, 0.3) is 6.08 Å². The summed E-state index contributed by atoms with van der Waals surface area (Å²) < 4.78 is 0. The first-order valence-electron chi connectivity index (χ1n) is 6.67. The summed E-state index contributed by atoms with van der Waals surface area (Å²) in [6.07, 6.45) is 10.9. The van der Waals surface area contributed by atoms with E-state index in [9.17, 15) is 4.79 Å². The summed E-state index contributed by atoms with van der Waals surface area (Å²) >= 11 is 0. The molecule has 2 rings (SSSR count). The Kier molecular flexibility index (Phi) is 4.51. The van der Waals surface area contributed by atoms with E-state index in [1.807, 2.05) is 18.2 Å². The van der Waals surface area contributed by atoms with Gasteiger partial charge in [0.2, 0.25) is 0 Å². The number of nitrogens with zero attached hydrogens (tertiary/aromatic N) is 1. The third kappa shape index (κ3) is 3.42. The number of nitrogens with one attached hydrogen (secondary N) is 1. The first-order chi connectivity index (χ1) is 8.79. The van der Waals surface area contributed by atoms with Gasteiger partial charge in [0.05, 0.1) is 5.69 Å². The van der Waals surface area contributed by atoms with Crippen molar-refractivity contribution >= 4 is 12.0 Å². The van der Waals surface area contributed by atoms with E-state index in [1.165, 1.54) is 32.1 Å². The molecule has 0 bridgehead atoms. The monoisotopic (exact) mass is 244 g/mol. The minimum atomic E-state index is -0.136. The lowest BCUT2D eigenvalue weighted by Crippen LogP contribution is -2.19. The summed E-state index contributed by atoms with van der Waals surface area (Å²) in [5.41, 5.74) is 1.34. The second kappa shape index (κ2) is 6.34. The molecule has 96 valence electrons. The molecule has 0 spiro atoms. The van der Waals surface area contributed by atoms with Crippen molar-refractivity contribution in [2.24, 2.45) is 5.92 Å². The van der Waals surface area contributed by atoms with Gasteiger partial charge in [-0.15, -0.1) is 0 Å². The molecular formula is C15H20N2O. The Morgan fingerprint density at radius 2 is 2.11 bits per heavy atom. The van der Waals surface area contributed by atoms with Crippen LogP contribution in [0.3, 0.4) is 0 Å². The fourth-order valence-electron chi connectivity index (χ4n) is 2.36. The molecule has 0 atom stereocenters. The zero-order valence-corrected chi connectivity index (χ0v) is 10.9. The Bertz CT molecular complexity index is 434. The van der Waals surface area contributed by atoms with Crippen molar-refractivity contribution in [3.8, 4) is 0 Å². The van der Waals surface area contributed by atoms with E-state index in [2.05, 4.69) is 16.4 Å². The van der Waals surface area contributed by atoms with Crippen LogP contribution in [0, 0.1) is 5.92 Å². The molecule has 3 heteroatoms. The summed E-state index contributed by atoms with van der Waals surface area (Å²) in [5, 5.41) is 2.59. The van der Waals surface area contributed by atoms with Crippen LogP contribution in [0.5, 0.6) is 0 Å². The van der Waals surface area contributed by atoms with Crippen molar-refractivity contribution in [1.29, 1.82) is 0 Å². The van der Waals surface area contributed by atoms with Crippen LogP contribution >= 0.6 is 0 Å². The lowest BCUT2D eigenvalue weighted by Gasteiger charge is -2.17. The zero-order chi connectivity index (χ0) is 12.8. The van der Waals surface area contributed by atoms with Gasteiger partial charge in [0.1, 0.15) is 5.69 Å². The SMILES string of the molecule is CNC(=O)c1cccc(/C=C/C2CCCCC2)n1. The molecule has 18 heavy (non-hydrogen) atoms. The first kappa shape index (κ1) is 12.8. The number of allylic oxidation sites excluding steroid dienone is 1. The van der Waals surface area contributed by atoms with Gasteiger partial charge in [0.15, 0.2) is 0 Å². The summed E-state index contributed by atoms with van der Waals surface area (Å²) in [4.78, 5) is 15.8. The van der Waals surface area contributed by atoms with Crippen molar-refractivity contribution in [3.05, 3.63) is 35.7 Å². The Balaban J connectivity index is 2.04. The molecule has 0 radical (unpaired) electrons. The van der Waals surface area contributed by atoms with E-state index in [1.54, 1.807) is 13.1 Å². The standard InChI is InChI=1S/C15H20N2O/c1-16-15(18)14-9-5-8-13(17-14)11-10-12-6-3-2-4-7-12/h5,8-12H,2-4,6-7H2,1H3,(H,16,18)/b11-10+. The number of carbonyl (C=O) groups is 1. The van der Waals surface area contributed by atoms with E-state index < -0.39 is 0 Å². The van der Waals surface area contributed by atoms with Crippen LogP contribution in [0.15, 0.2) is 24.3 Å². The Morgan fingerprint density at radius 3 is 2.83 bits per heavy atom. The van der Waals surface area contributed by atoms with Crippen molar-refractivity contribution < 1.29 is 4.79 Å². The van der Waals surface area contributed by atoms with Gasteiger partial charge in [-0.3, -0.25) is 4.79 Å². The second-order valence-corrected chi connectivity index (χ2v) is 4.78. The number of amides is 1. The third-order valence-corrected chi connectivity index (χ3v) is 3.42. The van der Waals surface area contributed by atoms with Crippen molar-refractivity contribution in [2.45, 2.75) is 32.1 Å². The fourth-order valence-corrected chi connectivity index (χ4v) is 2.36. The minimum Gasteiger partial charge on any atom is -0.354 e. The average Bonchev–Trinajstić information content (AvgIpc) is 2.45. The van der Waals surface area contributed by atoms with Crippen LogP contribution < -0.4 is 5.32 Å². The fraction of sp³-hybridized carbons (Fsp3) is 0.467. The van der Waals surface area contributed by atoms with Crippen molar-refractivity contribution in [1.82, 2.24) is 10.3 Å². The molecule has 1 amide bonds. The van der Waals surface area contributed by atoms with Crippen LogP contribution in [-0.2, 0) is 0 Å². The normalized spacial score (nSPS) is 16.9. The molecule has 0 aliphatic heterocycles. The van der Waals surface area contributed by atoms with Gasteiger partial charge in [-0.1, -0.05) is 31.4 Å². The van der Waals surface area contributed by atoms with Crippen LogP contribution in [0.4, 0.5) is 0 Å². The second-order valence-electron chi connectivity index (χ2n) is 4.78. The Labute approximate surface area is 108 Å². The van der Waals surface area contributed by atoms with Gasteiger partial charge in [-0.2, -0.15) is 0 Å². The highest BCUT2D eigenvalue weighted by molar-refractivity contribution is 5.92. The molecule has 1 N–H and O–H groups in total. The maximum atomic E-state index is 11.5. The average molecular weight is 244 g/mol. The van der Waals surface area contributed by atoms with E-state index in [4.69, 9.17) is 0 Å². The molecule has 0 saturated heterocycles. The summed E-state index contributed by atoms with van der Waals surface area (Å²) in [6.45, 7) is 0. The quantitative estimate of drug-likeness (QED) is 0.888. The number of hydrogen-bond acceptors (Lipinski definition) is 2. The van der Waals surface area contributed by atoms with Crippen LogP contribution in [0.1, 0.15) is 48.3 Å². The van der Waals surface area contributed by atoms with Crippen molar-refractivity contribution in [2.75, 3.05) is 7.05 Å². The Hall–Kier alpha value is -1.64. The number of rotatable bonds is 3. The molecule has 1 heterocycles. The number of carbonyl (C=O) groups excluding carboxylic acids is 1. The summed E-state index contributed by atoms with van der Waals surface area (Å²) in [5.74, 6) is 0.548. The van der Waals surface area contributed by atoms with Gasteiger partial charge < -0.3 is 5.32 Å². The third-order valence-electron chi connectivity index (χ3n) is 3.42. The summed E-state index contributed by atoms with van der Waals surface area (Å²) in [6, 6.07) is 5.54. The van der Waals surface area contributed by atoms with E-state index in [0.717, 1.165) is 5.69 Å². The number of hydrogen-bond donors (Lipinski definition) is 1. The molecule has 1 aliphatic rings. The van der Waals surface area contributed by atoms with Crippen LogP contribution in [0.2, 0.25) is 0 Å². The maximum absolute atomic E-state index is 11.5. The topological polar surface area (TPSA) is 42.0 Å². The lowest BCUT2D eigenvalue weighted by molar-refractivity contribution is 0.0958. The molecular weight excluding hydrogens is 224 g/mol. The molecule has 0 aromatic carbocycles. The van der Waals surface area contributed by atoms with Crippen LogP contribution in [-0.4, -0.2) is 17.9 Å². The highest BCUT2D eigenvalue weighted by Crippen LogP contribution is 2.25. The van der Waals surface area contributed by atoms with E-state index in [0.29, 0.717) is 11.6 Å². The molecule has 1 fully saturated rings. The van der Waals surface area contributed by atoms with Gasteiger partial charge in [-0.25, -0.2) is 4.98 Å². The van der Waals surface area contributed by atoms with E-state index in [-0.39, 0.29) is 5.91 Å².